The van der Waals surface area contributed by atoms with E-state index < -0.39 is 0 Å². The van der Waals surface area contributed by atoms with Gasteiger partial charge in [0, 0.05) is 11.9 Å². The number of rotatable bonds is 5. The van der Waals surface area contributed by atoms with Crippen molar-refractivity contribution >= 4 is 11.0 Å². The molecule has 0 bridgehead atoms. The van der Waals surface area contributed by atoms with Crippen molar-refractivity contribution in [1.29, 1.82) is 0 Å². The van der Waals surface area contributed by atoms with Crippen LogP contribution in [0.15, 0.2) is 59.0 Å². The van der Waals surface area contributed by atoms with Crippen LogP contribution in [0.25, 0.3) is 11.0 Å². The zero-order valence-corrected chi connectivity index (χ0v) is 12.3. The van der Waals surface area contributed by atoms with Crippen LogP contribution in [0.2, 0.25) is 0 Å². The summed E-state index contributed by atoms with van der Waals surface area (Å²) in [6.45, 7) is 2.92. The van der Waals surface area contributed by atoms with Crippen molar-refractivity contribution in [3.63, 3.8) is 0 Å². The Morgan fingerprint density at radius 2 is 1.90 bits per heavy atom. The first-order chi connectivity index (χ1) is 10.3. The second kappa shape index (κ2) is 6.02. The Hall–Kier alpha value is -2.26. The van der Waals surface area contributed by atoms with Gasteiger partial charge in [-0.1, -0.05) is 42.5 Å². The molecule has 1 aromatic heterocycles. The second-order valence-electron chi connectivity index (χ2n) is 5.12. The topological polar surface area (TPSA) is 34.4 Å². The van der Waals surface area contributed by atoms with Gasteiger partial charge in [0.05, 0.1) is 13.2 Å². The lowest BCUT2D eigenvalue weighted by atomic mass is 10.2. The van der Waals surface area contributed by atoms with Gasteiger partial charge in [-0.25, -0.2) is 0 Å². The average molecular weight is 281 g/mol. The molecule has 1 atom stereocenters. The molecule has 3 nitrogen and oxygen atoms in total. The van der Waals surface area contributed by atoms with E-state index in [4.69, 9.17) is 9.15 Å². The SMILES string of the molecule is COc1cccc2cc(C(C)NCc3ccccc3)oc12. The second-order valence-corrected chi connectivity index (χ2v) is 5.12. The van der Waals surface area contributed by atoms with Crippen LogP contribution in [0.3, 0.4) is 0 Å². The number of furan rings is 1. The number of fused-ring (bicyclic) bond motifs is 1. The van der Waals surface area contributed by atoms with Crippen molar-refractivity contribution in [2.24, 2.45) is 0 Å². The Morgan fingerprint density at radius 3 is 2.67 bits per heavy atom. The summed E-state index contributed by atoms with van der Waals surface area (Å²) in [5, 5.41) is 4.55. The van der Waals surface area contributed by atoms with Gasteiger partial charge in [-0.2, -0.15) is 0 Å². The molecule has 1 N–H and O–H groups in total. The molecule has 3 rings (SSSR count). The van der Waals surface area contributed by atoms with Gasteiger partial charge in [-0.05, 0) is 24.6 Å². The Labute approximate surface area is 124 Å². The number of methoxy groups -OCH3 is 1. The first-order valence-electron chi connectivity index (χ1n) is 7.11. The molecule has 108 valence electrons. The van der Waals surface area contributed by atoms with Crippen LogP contribution in [0, 0.1) is 0 Å². The third kappa shape index (κ3) is 2.93. The summed E-state index contributed by atoms with van der Waals surface area (Å²) in [6, 6.07) is 18.5. The van der Waals surface area contributed by atoms with Crippen LogP contribution >= 0.6 is 0 Å². The fraction of sp³-hybridized carbons (Fsp3) is 0.222. The van der Waals surface area contributed by atoms with E-state index >= 15 is 0 Å². The summed E-state index contributed by atoms with van der Waals surface area (Å²) in [7, 11) is 1.66. The highest BCUT2D eigenvalue weighted by Crippen LogP contribution is 2.30. The van der Waals surface area contributed by atoms with Crippen molar-refractivity contribution in [2.45, 2.75) is 19.5 Å². The summed E-state index contributed by atoms with van der Waals surface area (Å²) >= 11 is 0. The Bertz CT molecular complexity index is 718. The van der Waals surface area contributed by atoms with E-state index in [9.17, 15) is 0 Å². The standard InChI is InChI=1S/C18H19NO2/c1-13(19-12-14-7-4-3-5-8-14)17-11-15-9-6-10-16(20-2)18(15)21-17/h3-11,13,19H,12H2,1-2H3. The molecular weight excluding hydrogens is 262 g/mol. The largest absolute Gasteiger partial charge is 0.493 e. The summed E-state index contributed by atoms with van der Waals surface area (Å²) in [5.74, 6) is 1.69. The Kier molecular flexibility index (Phi) is 3.93. The molecule has 0 amide bonds. The number of hydrogen-bond acceptors (Lipinski definition) is 3. The zero-order chi connectivity index (χ0) is 14.7. The van der Waals surface area contributed by atoms with E-state index in [1.165, 1.54) is 5.56 Å². The molecule has 0 saturated carbocycles. The highest BCUT2D eigenvalue weighted by atomic mass is 16.5. The van der Waals surface area contributed by atoms with Gasteiger partial charge in [-0.15, -0.1) is 0 Å². The lowest BCUT2D eigenvalue weighted by Gasteiger charge is -2.11. The van der Waals surface area contributed by atoms with Gasteiger partial charge >= 0.3 is 0 Å². The predicted molar refractivity (Wildman–Crippen MR) is 84.5 cm³/mol. The number of benzene rings is 2. The van der Waals surface area contributed by atoms with E-state index in [0.717, 1.165) is 29.0 Å². The van der Waals surface area contributed by atoms with Crippen molar-refractivity contribution in [3.8, 4) is 5.75 Å². The number of para-hydroxylation sites is 1. The zero-order valence-electron chi connectivity index (χ0n) is 12.3. The van der Waals surface area contributed by atoms with Gasteiger partial charge in [0.25, 0.3) is 0 Å². The number of hydrogen-bond donors (Lipinski definition) is 1. The third-order valence-corrected chi connectivity index (χ3v) is 3.63. The van der Waals surface area contributed by atoms with Crippen LogP contribution in [-0.4, -0.2) is 7.11 Å². The fourth-order valence-corrected chi connectivity index (χ4v) is 2.40. The minimum Gasteiger partial charge on any atom is -0.493 e. The Balaban J connectivity index is 1.77. The molecule has 0 fully saturated rings. The molecular formula is C18H19NO2. The van der Waals surface area contributed by atoms with Crippen LogP contribution in [0.1, 0.15) is 24.3 Å². The maximum atomic E-state index is 5.95. The van der Waals surface area contributed by atoms with Gasteiger partial charge in [0.1, 0.15) is 5.76 Å². The van der Waals surface area contributed by atoms with Crippen molar-refractivity contribution in [2.75, 3.05) is 7.11 Å². The minimum atomic E-state index is 0.141. The molecule has 0 saturated heterocycles. The van der Waals surface area contributed by atoms with Gasteiger partial charge in [0.2, 0.25) is 0 Å². The number of nitrogens with one attached hydrogen (secondary N) is 1. The molecule has 0 radical (unpaired) electrons. The molecule has 0 aliphatic heterocycles. The van der Waals surface area contributed by atoms with Gasteiger partial charge < -0.3 is 14.5 Å². The molecule has 0 spiro atoms. The highest BCUT2D eigenvalue weighted by Gasteiger charge is 2.13. The van der Waals surface area contributed by atoms with E-state index in [-0.39, 0.29) is 6.04 Å². The van der Waals surface area contributed by atoms with Crippen molar-refractivity contribution in [3.05, 3.63) is 65.9 Å². The summed E-state index contributed by atoms with van der Waals surface area (Å²) in [6.07, 6.45) is 0. The quantitative estimate of drug-likeness (QED) is 0.757. The predicted octanol–water partition coefficient (Wildman–Crippen LogP) is 4.29. The molecule has 3 heteroatoms. The first-order valence-corrected chi connectivity index (χ1v) is 7.11. The van der Waals surface area contributed by atoms with Crippen LogP contribution in [0.5, 0.6) is 5.75 Å². The molecule has 2 aromatic carbocycles. The summed E-state index contributed by atoms with van der Waals surface area (Å²) < 4.78 is 11.3. The summed E-state index contributed by atoms with van der Waals surface area (Å²) in [5.41, 5.74) is 2.07. The molecule has 1 heterocycles. The molecule has 21 heavy (non-hydrogen) atoms. The Morgan fingerprint density at radius 1 is 1.10 bits per heavy atom. The van der Waals surface area contributed by atoms with E-state index in [0.29, 0.717) is 0 Å². The highest BCUT2D eigenvalue weighted by molar-refractivity contribution is 5.83. The average Bonchev–Trinajstić information content (AvgIpc) is 2.97. The van der Waals surface area contributed by atoms with Crippen LogP contribution < -0.4 is 10.1 Å². The maximum absolute atomic E-state index is 5.95. The lowest BCUT2D eigenvalue weighted by Crippen LogP contribution is -2.17. The van der Waals surface area contributed by atoms with E-state index in [1.54, 1.807) is 7.11 Å². The fourth-order valence-electron chi connectivity index (χ4n) is 2.40. The van der Waals surface area contributed by atoms with Crippen LogP contribution in [0.4, 0.5) is 0 Å². The van der Waals surface area contributed by atoms with E-state index in [2.05, 4.69) is 30.4 Å². The van der Waals surface area contributed by atoms with Crippen molar-refractivity contribution < 1.29 is 9.15 Å². The molecule has 1 unspecified atom stereocenters. The van der Waals surface area contributed by atoms with Crippen molar-refractivity contribution in [1.82, 2.24) is 5.32 Å². The molecule has 3 aromatic rings. The summed E-state index contributed by atoms with van der Waals surface area (Å²) in [4.78, 5) is 0. The molecule has 0 aliphatic carbocycles. The lowest BCUT2D eigenvalue weighted by molar-refractivity contribution is 0.399. The smallest absolute Gasteiger partial charge is 0.176 e. The van der Waals surface area contributed by atoms with Gasteiger partial charge in [0.15, 0.2) is 11.3 Å². The number of ether oxygens (including phenoxy) is 1. The van der Waals surface area contributed by atoms with E-state index in [1.807, 2.05) is 36.4 Å². The van der Waals surface area contributed by atoms with Gasteiger partial charge in [-0.3, -0.25) is 0 Å². The minimum absolute atomic E-state index is 0.141. The normalized spacial score (nSPS) is 12.5. The monoisotopic (exact) mass is 281 g/mol. The third-order valence-electron chi connectivity index (χ3n) is 3.63. The molecule has 0 aliphatic rings. The van der Waals surface area contributed by atoms with Crippen LogP contribution in [-0.2, 0) is 6.54 Å². The first kappa shape index (κ1) is 13.7. The maximum Gasteiger partial charge on any atom is 0.176 e.